The van der Waals surface area contributed by atoms with Crippen LogP contribution >= 0.6 is 0 Å². The van der Waals surface area contributed by atoms with E-state index in [0.29, 0.717) is 23.0 Å². The molecule has 0 aliphatic carbocycles. The van der Waals surface area contributed by atoms with Gasteiger partial charge < -0.3 is 14.7 Å². The largest absolute Gasteiger partial charge is 0.339 e. The van der Waals surface area contributed by atoms with Gasteiger partial charge in [-0.25, -0.2) is 8.42 Å². The highest BCUT2D eigenvalue weighted by Gasteiger charge is 2.30. The van der Waals surface area contributed by atoms with E-state index in [1.165, 1.54) is 6.08 Å². The third-order valence-corrected chi connectivity index (χ3v) is 5.20. The van der Waals surface area contributed by atoms with Crippen LogP contribution in [-0.2, 0) is 14.8 Å². The molecule has 1 aromatic heterocycles. The average Bonchev–Trinajstić information content (AvgIpc) is 3.07. The summed E-state index contributed by atoms with van der Waals surface area (Å²) in [5.74, 6) is 0.307. The van der Waals surface area contributed by atoms with Crippen molar-refractivity contribution in [1.82, 2.24) is 15.0 Å². The second kappa shape index (κ2) is 6.47. The smallest absolute Gasteiger partial charge is 0.259 e. The van der Waals surface area contributed by atoms with Gasteiger partial charge >= 0.3 is 0 Å². The number of rotatable bonds is 3. The number of nitrogens with one attached hydrogen (secondary N) is 1. The summed E-state index contributed by atoms with van der Waals surface area (Å²) in [5, 5.41) is 6.66. The summed E-state index contributed by atoms with van der Waals surface area (Å²) in [6, 6.07) is 7.01. The number of sulfonamides is 1. The lowest BCUT2D eigenvalue weighted by atomic mass is 10.1. The first-order valence-electron chi connectivity index (χ1n) is 8.12. The first-order valence-corrected chi connectivity index (χ1v) is 9.73. The molecule has 0 radical (unpaired) electrons. The van der Waals surface area contributed by atoms with Gasteiger partial charge in [-0.05, 0) is 24.3 Å². The zero-order valence-electron chi connectivity index (χ0n) is 14.3. The molecule has 1 aromatic carbocycles. The summed E-state index contributed by atoms with van der Waals surface area (Å²) in [4.78, 5) is 18.7. The molecule has 9 nitrogen and oxygen atoms in total. The van der Waals surface area contributed by atoms with E-state index in [-0.39, 0.29) is 23.7 Å². The summed E-state index contributed by atoms with van der Waals surface area (Å²) in [6.07, 6.45) is 4.91. The van der Waals surface area contributed by atoms with Gasteiger partial charge in [-0.2, -0.15) is 4.98 Å². The van der Waals surface area contributed by atoms with Gasteiger partial charge in [-0.1, -0.05) is 17.3 Å². The van der Waals surface area contributed by atoms with Crippen LogP contribution in [-0.4, -0.2) is 47.5 Å². The number of benzene rings is 1. The lowest BCUT2D eigenvalue weighted by Crippen LogP contribution is -2.40. The maximum Gasteiger partial charge on any atom is 0.259 e. The number of nitrogens with zero attached hydrogens (tertiary/aromatic N) is 4. The van der Waals surface area contributed by atoms with Gasteiger partial charge in [0.1, 0.15) is 0 Å². The molecule has 2 aromatic rings. The maximum atomic E-state index is 12.8. The van der Waals surface area contributed by atoms with Crippen LogP contribution in [0.25, 0.3) is 11.4 Å². The van der Waals surface area contributed by atoms with E-state index >= 15 is 0 Å². The number of amides is 1. The second-order valence-electron chi connectivity index (χ2n) is 5.95. The van der Waals surface area contributed by atoms with Crippen molar-refractivity contribution in [2.75, 3.05) is 17.6 Å². The standard InChI is InChI=1S/C17H15N5O4S/c1-11-18-15(20-26-11)12-5-2-3-7-14(12)19-17(23)13-6-4-8-22-9-10-27(24,25)21-16(13)22/h2-8H,9-10H2,1H3,(H,19,23). The lowest BCUT2D eigenvalue weighted by Gasteiger charge is -2.28. The highest BCUT2D eigenvalue weighted by atomic mass is 32.2. The van der Waals surface area contributed by atoms with E-state index in [1.807, 2.05) is 0 Å². The van der Waals surface area contributed by atoms with Crippen LogP contribution in [0, 0.1) is 6.92 Å². The molecule has 2 aliphatic heterocycles. The number of amidine groups is 1. The van der Waals surface area contributed by atoms with Crippen molar-refractivity contribution in [2.45, 2.75) is 6.92 Å². The fourth-order valence-electron chi connectivity index (χ4n) is 2.78. The number of aromatic nitrogens is 2. The van der Waals surface area contributed by atoms with Gasteiger partial charge in [0.25, 0.3) is 15.9 Å². The number of aryl methyl sites for hydroxylation is 1. The van der Waals surface area contributed by atoms with Crippen molar-refractivity contribution in [1.29, 1.82) is 0 Å². The molecule has 0 saturated carbocycles. The number of carbonyl (C=O) groups is 1. The van der Waals surface area contributed by atoms with E-state index in [4.69, 9.17) is 4.52 Å². The molecule has 0 unspecified atom stereocenters. The number of carbonyl (C=O) groups excluding carboxylic acids is 1. The van der Waals surface area contributed by atoms with Crippen molar-refractivity contribution in [3.8, 4) is 11.4 Å². The molecule has 10 heteroatoms. The SMILES string of the molecule is Cc1nc(-c2ccccc2NC(=O)C2=CC=CN3CCS(=O)(=O)N=C23)no1. The Morgan fingerprint density at radius 2 is 2.11 bits per heavy atom. The molecule has 1 amide bonds. The van der Waals surface area contributed by atoms with Crippen LogP contribution in [0.3, 0.4) is 0 Å². The number of fused-ring (bicyclic) bond motifs is 1. The van der Waals surface area contributed by atoms with Gasteiger partial charge in [0.05, 0.1) is 17.0 Å². The van der Waals surface area contributed by atoms with Crippen molar-refractivity contribution in [2.24, 2.45) is 4.40 Å². The van der Waals surface area contributed by atoms with Crippen LogP contribution in [0.15, 0.2) is 57.1 Å². The quantitative estimate of drug-likeness (QED) is 0.850. The first kappa shape index (κ1) is 17.2. The molecule has 0 bridgehead atoms. The van der Waals surface area contributed by atoms with Gasteiger partial charge in [-0.15, -0.1) is 4.40 Å². The van der Waals surface area contributed by atoms with Gasteiger partial charge in [0.2, 0.25) is 11.7 Å². The average molecular weight is 385 g/mol. The Kier molecular flexibility index (Phi) is 4.11. The topological polar surface area (TPSA) is 118 Å². The number of anilines is 1. The highest BCUT2D eigenvalue weighted by molar-refractivity contribution is 7.90. The monoisotopic (exact) mass is 385 g/mol. The molecular formula is C17H15N5O4S. The minimum atomic E-state index is -3.58. The van der Waals surface area contributed by atoms with Gasteiger partial charge in [0.15, 0.2) is 5.84 Å². The van der Waals surface area contributed by atoms with Crippen LogP contribution < -0.4 is 5.32 Å². The zero-order chi connectivity index (χ0) is 19.0. The minimum absolute atomic E-state index is 0.0875. The van der Waals surface area contributed by atoms with Gasteiger partial charge in [-0.3, -0.25) is 4.79 Å². The zero-order valence-corrected chi connectivity index (χ0v) is 15.1. The minimum Gasteiger partial charge on any atom is -0.339 e. The van der Waals surface area contributed by atoms with Crippen molar-refractivity contribution >= 4 is 27.5 Å². The molecule has 4 rings (SSSR count). The summed E-state index contributed by atoms with van der Waals surface area (Å²) in [6.45, 7) is 1.92. The Labute approximate surface area is 155 Å². The Morgan fingerprint density at radius 1 is 1.30 bits per heavy atom. The lowest BCUT2D eigenvalue weighted by molar-refractivity contribution is -0.112. The summed E-state index contributed by atoms with van der Waals surface area (Å²) in [7, 11) is -3.58. The van der Waals surface area contributed by atoms with Crippen LogP contribution in [0.4, 0.5) is 5.69 Å². The van der Waals surface area contributed by atoms with E-state index < -0.39 is 15.9 Å². The number of allylic oxidation sites excluding steroid dienone is 2. The molecule has 3 heterocycles. The fourth-order valence-corrected chi connectivity index (χ4v) is 3.76. The fraction of sp³-hybridized carbons (Fsp3) is 0.176. The second-order valence-corrected chi connectivity index (χ2v) is 7.71. The molecule has 0 fully saturated rings. The van der Waals surface area contributed by atoms with Gasteiger partial charge in [0, 0.05) is 25.2 Å². The number of hydrogen-bond donors (Lipinski definition) is 1. The highest BCUT2D eigenvalue weighted by Crippen LogP contribution is 2.26. The molecular weight excluding hydrogens is 370 g/mol. The summed E-state index contributed by atoms with van der Waals surface area (Å²) < 4.78 is 32.5. The Bertz CT molecular complexity index is 1110. The Hall–Kier alpha value is -3.27. The summed E-state index contributed by atoms with van der Waals surface area (Å²) in [5.41, 5.74) is 1.23. The predicted molar refractivity (Wildman–Crippen MR) is 98.3 cm³/mol. The number of hydrogen-bond acceptors (Lipinski definition) is 7. The first-order chi connectivity index (χ1) is 12.9. The molecule has 0 atom stereocenters. The third kappa shape index (κ3) is 3.38. The van der Waals surface area contributed by atoms with Crippen molar-refractivity contribution in [3.05, 3.63) is 54.1 Å². The predicted octanol–water partition coefficient (Wildman–Crippen LogP) is 1.48. The molecule has 27 heavy (non-hydrogen) atoms. The van der Waals surface area contributed by atoms with E-state index in [0.717, 1.165) is 0 Å². The Balaban J connectivity index is 1.66. The van der Waals surface area contributed by atoms with Crippen LogP contribution in [0.5, 0.6) is 0 Å². The molecule has 0 saturated heterocycles. The van der Waals surface area contributed by atoms with Crippen LogP contribution in [0.2, 0.25) is 0 Å². The van der Waals surface area contributed by atoms with Crippen molar-refractivity contribution in [3.63, 3.8) is 0 Å². The number of para-hydroxylation sites is 1. The van der Waals surface area contributed by atoms with E-state index in [2.05, 4.69) is 19.9 Å². The van der Waals surface area contributed by atoms with E-state index in [9.17, 15) is 13.2 Å². The summed E-state index contributed by atoms with van der Waals surface area (Å²) >= 11 is 0. The van der Waals surface area contributed by atoms with E-state index in [1.54, 1.807) is 48.4 Å². The third-order valence-electron chi connectivity index (χ3n) is 4.05. The van der Waals surface area contributed by atoms with Crippen molar-refractivity contribution < 1.29 is 17.7 Å². The maximum absolute atomic E-state index is 12.8. The molecule has 138 valence electrons. The molecule has 0 spiro atoms. The molecule has 1 N–H and O–H groups in total. The Morgan fingerprint density at radius 3 is 2.89 bits per heavy atom. The van der Waals surface area contributed by atoms with Crippen LogP contribution in [0.1, 0.15) is 5.89 Å². The molecule has 2 aliphatic rings. The normalized spacial score (nSPS) is 17.7.